The molecule has 5 heteroatoms. The van der Waals surface area contributed by atoms with Gasteiger partial charge in [0.25, 0.3) is 0 Å². The van der Waals surface area contributed by atoms with E-state index in [0.29, 0.717) is 6.61 Å². The number of hydrogen-bond donors (Lipinski definition) is 0. The standard InChI is InChI=1S/C15H21NO4/c1-4-5-6-10-19-14(17)12-8-7-9-13(16-12)15(18)20-11(2)3/h7-9,11H,4-6,10H2,1-3H3. The van der Waals surface area contributed by atoms with Crippen LogP contribution in [0.2, 0.25) is 0 Å². The first-order chi connectivity index (χ1) is 9.54. The van der Waals surface area contributed by atoms with E-state index in [1.54, 1.807) is 19.9 Å². The van der Waals surface area contributed by atoms with E-state index in [0.717, 1.165) is 19.3 Å². The van der Waals surface area contributed by atoms with Crippen molar-refractivity contribution in [2.24, 2.45) is 0 Å². The topological polar surface area (TPSA) is 65.5 Å². The van der Waals surface area contributed by atoms with Crippen LogP contribution in [0.25, 0.3) is 0 Å². The van der Waals surface area contributed by atoms with Gasteiger partial charge in [-0.15, -0.1) is 0 Å². The van der Waals surface area contributed by atoms with Crippen molar-refractivity contribution in [1.29, 1.82) is 0 Å². The van der Waals surface area contributed by atoms with E-state index in [1.165, 1.54) is 12.1 Å². The number of rotatable bonds is 7. The molecule has 0 aliphatic carbocycles. The summed E-state index contributed by atoms with van der Waals surface area (Å²) in [6, 6.07) is 4.62. The number of carbonyl (C=O) groups excluding carboxylic acids is 2. The van der Waals surface area contributed by atoms with Gasteiger partial charge in [0, 0.05) is 0 Å². The Hall–Kier alpha value is -1.91. The van der Waals surface area contributed by atoms with Gasteiger partial charge in [0.15, 0.2) is 0 Å². The SMILES string of the molecule is CCCCCOC(=O)c1cccc(C(=O)OC(C)C)n1. The summed E-state index contributed by atoms with van der Waals surface area (Å²) in [7, 11) is 0. The van der Waals surface area contributed by atoms with E-state index in [2.05, 4.69) is 11.9 Å². The van der Waals surface area contributed by atoms with Crippen molar-refractivity contribution in [3.63, 3.8) is 0 Å². The van der Waals surface area contributed by atoms with E-state index >= 15 is 0 Å². The van der Waals surface area contributed by atoms with Crippen LogP contribution in [0.15, 0.2) is 18.2 Å². The Morgan fingerprint density at radius 2 is 1.80 bits per heavy atom. The Morgan fingerprint density at radius 1 is 1.15 bits per heavy atom. The third-order valence-corrected chi connectivity index (χ3v) is 2.49. The molecular weight excluding hydrogens is 258 g/mol. The summed E-state index contributed by atoms with van der Waals surface area (Å²) in [5.41, 5.74) is 0.237. The quantitative estimate of drug-likeness (QED) is 0.567. The molecule has 0 unspecified atom stereocenters. The average Bonchev–Trinajstić information content (AvgIpc) is 2.43. The molecule has 0 radical (unpaired) electrons. The minimum atomic E-state index is -0.541. The Morgan fingerprint density at radius 3 is 2.40 bits per heavy atom. The number of pyridine rings is 1. The number of carbonyl (C=O) groups is 2. The van der Waals surface area contributed by atoms with Crippen molar-refractivity contribution >= 4 is 11.9 Å². The zero-order chi connectivity index (χ0) is 15.0. The zero-order valence-corrected chi connectivity index (χ0v) is 12.2. The molecule has 1 heterocycles. The number of aromatic nitrogens is 1. The van der Waals surface area contributed by atoms with Crippen molar-refractivity contribution in [2.75, 3.05) is 6.61 Å². The lowest BCUT2D eigenvalue weighted by molar-refractivity contribution is 0.0370. The first-order valence-corrected chi connectivity index (χ1v) is 6.89. The van der Waals surface area contributed by atoms with Crippen LogP contribution in [0.1, 0.15) is 61.0 Å². The van der Waals surface area contributed by atoms with Crippen LogP contribution in [0, 0.1) is 0 Å². The van der Waals surface area contributed by atoms with Crippen LogP contribution in [0.5, 0.6) is 0 Å². The highest BCUT2D eigenvalue weighted by Gasteiger charge is 2.15. The van der Waals surface area contributed by atoms with Gasteiger partial charge in [0.2, 0.25) is 0 Å². The third kappa shape index (κ3) is 5.38. The van der Waals surface area contributed by atoms with Crippen molar-refractivity contribution in [1.82, 2.24) is 4.98 Å². The molecule has 5 nitrogen and oxygen atoms in total. The maximum absolute atomic E-state index is 11.8. The summed E-state index contributed by atoms with van der Waals surface area (Å²) in [6.07, 6.45) is 2.68. The van der Waals surface area contributed by atoms with Gasteiger partial charge in [-0.2, -0.15) is 0 Å². The zero-order valence-electron chi connectivity index (χ0n) is 12.2. The highest BCUT2D eigenvalue weighted by Crippen LogP contribution is 2.05. The smallest absolute Gasteiger partial charge is 0.357 e. The maximum Gasteiger partial charge on any atom is 0.357 e. The molecule has 0 atom stereocenters. The molecule has 0 saturated carbocycles. The summed E-state index contributed by atoms with van der Waals surface area (Å²) in [5.74, 6) is -1.05. The number of unbranched alkanes of at least 4 members (excludes halogenated alkanes) is 2. The summed E-state index contributed by atoms with van der Waals surface area (Å²) >= 11 is 0. The second-order valence-electron chi connectivity index (χ2n) is 4.71. The van der Waals surface area contributed by atoms with Crippen molar-refractivity contribution < 1.29 is 19.1 Å². The summed E-state index contributed by atoms with van der Waals surface area (Å²) in [4.78, 5) is 27.4. The molecule has 110 valence electrons. The molecule has 1 aromatic rings. The van der Waals surface area contributed by atoms with Crippen molar-refractivity contribution in [2.45, 2.75) is 46.1 Å². The van der Waals surface area contributed by atoms with E-state index in [9.17, 15) is 9.59 Å². The maximum atomic E-state index is 11.8. The lowest BCUT2D eigenvalue weighted by atomic mass is 10.2. The lowest BCUT2D eigenvalue weighted by Gasteiger charge is -2.08. The molecule has 0 saturated heterocycles. The Balaban J connectivity index is 2.62. The number of esters is 2. The molecular formula is C15H21NO4. The van der Waals surface area contributed by atoms with Gasteiger partial charge in [0.05, 0.1) is 12.7 Å². The summed E-state index contributed by atoms with van der Waals surface area (Å²) in [5, 5.41) is 0. The minimum absolute atomic E-state index is 0.113. The first-order valence-electron chi connectivity index (χ1n) is 6.89. The van der Waals surface area contributed by atoms with Crippen LogP contribution in [-0.2, 0) is 9.47 Å². The van der Waals surface area contributed by atoms with Crippen molar-refractivity contribution in [3.8, 4) is 0 Å². The highest BCUT2D eigenvalue weighted by molar-refractivity contribution is 5.91. The summed E-state index contributed by atoms with van der Waals surface area (Å²) < 4.78 is 10.1. The first kappa shape index (κ1) is 16.1. The van der Waals surface area contributed by atoms with Crippen LogP contribution < -0.4 is 0 Å². The van der Waals surface area contributed by atoms with Crippen molar-refractivity contribution in [3.05, 3.63) is 29.6 Å². The third-order valence-electron chi connectivity index (χ3n) is 2.49. The van der Waals surface area contributed by atoms with Crippen LogP contribution in [-0.4, -0.2) is 29.6 Å². The van der Waals surface area contributed by atoms with Gasteiger partial charge in [-0.3, -0.25) is 0 Å². The van der Waals surface area contributed by atoms with E-state index in [1.807, 2.05) is 0 Å². The molecule has 0 aliphatic rings. The van der Waals surface area contributed by atoms with E-state index in [4.69, 9.17) is 9.47 Å². The molecule has 0 fully saturated rings. The van der Waals surface area contributed by atoms with E-state index in [-0.39, 0.29) is 17.5 Å². The number of ether oxygens (including phenoxy) is 2. The van der Waals surface area contributed by atoms with Crippen LogP contribution in [0.3, 0.4) is 0 Å². The highest BCUT2D eigenvalue weighted by atomic mass is 16.5. The molecule has 20 heavy (non-hydrogen) atoms. The van der Waals surface area contributed by atoms with Crippen LogP contribution in [0.4, 0.5) is 0 Å². The predicted molar refractivity (Wildman–Crippen MR) is 74.6 cm³/mol. The molecule has 1 aromatic heterocycles. The molecule has 0 amide bonds. The van der Waals surface area contributed by atoms with E-state index < -0.39 is 11.9 Å². The monoisotopic (exact) mass is 279 g/mol. The average molecular weight is 279 g/mol. The second kappa shape index (κ2) is 8.30. The van der Waals surface area contributed by atoms with Gasteiger partial charge in [-0.05, 0) is 32.4 Å². The lowest BCUT2D eigenvalue weighted by Crippen LogP contribution is -2.15. The largest absolute Gasteiger partial charge is 0.461 e. The van der Waals surface area contributed by atoms with Gasteiger partial charge in [0.1, 0.15) is 11.4 Å². The minimum Gasteiger partial charge on any atom is -0.461 e. The van der Waals surface area contributed by atoms with Crippen LogP contribution >= 0.6 is 0 Å². The normalized spacial score (nSPS) is 10.4. The van der Waals surface area contributed by atoms with Gasteiger partial charge >= 0.3 is 11.9 Å². The summed E-state index contributed by atoms with van der Waals surface area (Å²) in [6.45, 7) is 5.95. The fraction of sp³-hybridized carbons (Fsp3) is 0.533. The second-order valence-corrected chi connectivity index (χ2v) is 4.71. The molecule has 0 aromatic carbocycles. The predicted octanol–water partition coefficient (Wildman–Crippen LogP) is 2.99. The van der Waals surface area contributed by atoms with Gasteiger partial charge in [-0.25, -0.2) is 14.6 Å². The molecule has 0 spiro atoms. The molecule has 0 bridgehead atoms. The molecule has 0 N–H and O–H groups in total. The Kier molecular flexibility index (Phi) is 6.70. The Labute approximate surface area is 119 Å². The van der Waals surface area contributed by atoms with Gasteiger partial charge in [-0.1, -0.05) is 25.8 Å². The number of nitrogens with zero attached hydrogens (tertiary/aromatic N) is 1. The fourth-order valence-electron chi connectivity index (χ4n) is 1.53. The molecule has 0 aliphatic heterocycles. The number of hydrogen-bond acceptors (Lipinski definition) is 5. The Bertz CT molecular complexity index is 457. The fourth-order valence-corrected chi connectivity index (χ4v) is 1.53. The molecule has 1 rings (SSSR count). The van der Waals surface area contributed by atoms with Gasteiger partial charge < -0.3 is 9.47 Å².